The fourth-order valence-corrected chi connectivity index (χ4v) is 6.30. The average molecular weight is 494 g/mol. The third-order valence-electron chi connectivity index (χ3n) is 6.13. The highest BCUT2D eigenvalue weighted by atomic mass is 32.2. The lowest BCUT2D eigenvalue weighted by molar-refractivity contribution is 0.313. The topological polar surface area (TPSA) is 110 Å². The second-order valence-corrected chi connectivity index (χ2v) is 11.3. The third-order valence-corrected chi connectivity index (χ3v) is 8.91. The molecule has 0 unspecified atom stereocenters. The molecule has 34 heavy (non-hydrogen) atoms. The van der Waals surface area contributed by atoms with Crippen LogP contribution in [0.25, 0.3) is 33.5 Å². The van der Waals surface area contributed by atoms with E-state index >= 15 is 0 Å². The number of anilines is 2. The lowest BCUT2D eigenvalue weighted by Crippen LogP contribution is -2.44. The van der Waals surface area contributed by atoms with Gasteiger partial charge in [0.2, 0.25) is 0 Å². The molecule has 2 aromatic carbocycles. The van der Waals surface area contributed by atoms with Crippen LogP contribution in [0.3, 0.4) is 0 Å². The monoisotopic (exact) mass is 493 g/mol. The van der Waals surface area contributed by atoms with Crippen molar-refractivity contribution in [3.63, 3.8) is 0 Å². The van der Waals surface area contributed by atoms with E-state index in [1.165, 1.54) is 17.0 Å². The van der Waals surface area contributed by atoms with E-state index in [4.69, 9.17) is 4.98 Å². The van der Waals surface area contributed by atoms with E-state index in [-0.39, 0.29) is 4.21 Å². The lowest BCUT2D eigenvalue weighted by atomic mass is 10.2. The van der Waals surface area contributed by atoms with Crippen LogP contribution < -0.4 is 9.62 Å². The summed E-state index contributed by atoms with van der Waals surface area (Å²) < 4.78 is 28.0. The van der Waals surface area contributed by atoms with Crippen LogP contribution in [0.1, 0.15) is 0 Å². The van der Waals surface area contributed by atoms with Gasteiger partial charge < -0.3 is 14.8 Å². The van der Waals surface area contributed by atoms with Crippen LogP contribution in [0, 0.1) is 0 Å². The first-order chi connectivity index (χ1) is 16.5. The van der Waals surface area contributed by atoms with Crippen molar-refractivity contribution in [2.75, 3.05) is 42.8 Å². The smallest absolute Gasteiger partial charge is 0.271 e. The van der Waals surface area contributed by atoms with Gasteiger partial charge in [-0.3, -0.25) is 9.82 Å². The summed E-state index contributed by atoms with van der Waals surface area (Å²) in [4.78, 5) is 12.9. The van der Waals surface area contributed by atoms with Gasteiger partial charge in [-0.05, 0) is 54.9 Å². The molecule has 3 aromatic heterocycles. The number of nitrogens with one attached hydrogen (secondary N) is 3. The van der Waals surface area contributed by atoms with Crippen LogP contribution in [0.4, 0.5) is 11.4 Å². The molecular weight excluding hydrogens is 470 g/mol. The van der Waals surface area contributed by atoms with E-state index in [0.717, 1.165) is 48.1 Å². The number of likely N-dealkylation sites (N-methyl/N-ethyl adjacent to an activating group) is 1. The quantitative estimate of drug-likeness (QED) is 0.344. The van der Waals surface area contributed by atoms with Crippen LogP contribution in [0.5, 0.6) is 0 Å². The number of benzene rings is 2. The summed E-state index contributed by atoms with van der Waals surface area (Å²) in [5.41, 5.74) is 4.91. The first kappa shape index (κ1) is 21.1. The molecule has 0 aliphatic carbocycles. The van der Waals surface area contributed by atoms with E-state index in [2.05, 4.69) is 48.9 Å². The number of hydrogen-bond acceptors (Lipinski definition) is 7. The molecule has 5 aromatic rings. The van der Waals surface area contributed by atoms with Gasteiger partial charge >= 0.3 is 0 Å². The maximum atomic E-state index is 12.5. The minimum atomic E-state index is -3.61. The second-order valence-electron chi connectivity index (χ2n) is 8.45. The molecule has 0 radical (unpaired) electrons. The SMILES string of the molecule is CN1CCN(c2ccc3nc(-c4n[nH]c5cc(NS(=O)(=O)c6cccs6)ccc45)[nH]c3c2)CC1. The van der Waals surface area contributed by atoms with Gasteiger partial charge in [0.15, 0.2) is 5.82 Å². The Morgan fingerprint density at radius 3 is 2.68 bits per heavy atom. The van der Waals surface area contributed by atoms with Crippen molar-refractivity contribution in [2.45, 2.75) is 4.21 Å². The number of fused-ring (bicyclic) bond motifs is 2. The van der Waals surface area contributed by atoms with Gasteiger partial charge in [-0.25, -0.2) is 13.4 Å². The first-order valence-electron chi connectivity index (χ1n) is 10.9. The maximum Gasteiger partial charge on any atom is 0.271 e. The van der Waals surface area contributed by atoms with Crippen LogP contribution in [0.15, 0.2) is 58.1 Å². The molecule has 1 saturated heterocycles. The van der Waals surface area contributed by atoms with Gasteiger partial charge in [0.25, 0.3) is 10.0 Å². The number of aromatic nitrogens is 4. The Kier molecular flexibility index (Phi) is 5.05. The fraction of sp³-hybridized carbons (Fsp3) is 0.217. The molecule has 1 aliphatic heterocycles. The van der Waals surface area contributed by atoms with Crippen molar-refractivity contribution >= 4 is 54.7 Å². The Bertz CT molecular complexity index is 1580. The van der Waals surface area contributed by atoms with E-state index in [1.54, 1.807) is 29.6 Å². The molecule has 0 spiro atoms. The standard InChI is InChI=1S/C23H23N7O2S2/c1-29-8-10-30(11-9-29)16-5-7-18-20(14-16)25-23(24-18)22-17-6-4-15(13-19(17)26-27-22)28-34(31,32)21-3-2-12-33-21/h2-7,12-14,28H,8-11H2,1H3,(H,24,25)(H,26,27). The molecule has 6 rings (SSSR count). The summed E-state index contributed by atoms with van der Waals surface area (Å²) in [5.74, 6) is 0.670. The summed E-state index contributed by atoms with van der Waals surface area (Å²) in [6.45, 7) is 4.12. The fourth-order valence-electron chi connectivity index (χ4n) is 4.26. The zero-order chi connectivity index (χ0) is 23.3. The molecule has 0 atom stereocenters. The van der Waals surface area contributed by atoms with Crippen molar-refractivity contribution in [1.29, 1.82) is 0 Å². The lowest BCUT2D eigenvalue weighted by Gasteiger charge is -2.34. The summed E-state index contributed by atoms with van der Waals surface area (Å²) in [6, 6.07) is 14.9. The van der Waals surface area contributed by atoms with Gasteiger partial charge in [-0.1, -0.05) is 6.07 Å². The Balaban J connectivity index is 1.29. The molecule has 0 bridgehead atoms. The molecule has 1 fully saturated rings. The first-order valence-corrected chi connectivity index (χ1v) is 13.3. The summed E-state index contributed by atoms with van der Waals surface area (Å²) >= 11 is 1.18. The zero-order valence-electron chi connectivity index (χ0n) is 18.4. The highest BCUT2D eigenvalue weighted by Gasteiger charge is 2.18. The molecule has 174 valence electrons. The second kappa shape index (κ2) is 8.12. The Hall–Kier alpha value is -3.41. The number of imidazole rings is 1. The molecule has 0 saturated carbocycles. The molecule has 4 heterocycles. The number of nitrogens with zero attached hydrogens (tertiary/aromatic N) is 4. The minimum Gasteiger partial charge on any atom is -0.369 e. The Labute approximate surface area is 200 Å². The van der Waals surface area contributed by atoms with E-state index in [1.807, 2.05) is 12.1 Å². The number of piperazine rings is 1. The zero-order valence-corrected chi connectivity index (χ0v) is 20.1. The average Bonchev–Trinajstić information content (AvgIpc) is 3.57. The van der Waals surface area contributed by atoms with E-state index < -0.39 is 10.0 Å². The molecule has 0 amide bonds. The number of rotatable bonds is 5. The molecular formula is C23H23N7O2S2. The minimum absolute atomic E-state index is 0.274. The van der Waals surface area contributed by atoms with Crippen LogP contribution in [-0.2, 0) is 10.0 Å². The van der Waals surface area contributed by atoms with E-state index in [9.17, 15) is 8.42 Å². The maximum absolute atomic E-state index is 12.5. The van der Waals surface area contributed by atoms with Crippen molar-refractivity contribution in [3.8, 4) is 11.5 Å². The Morgan fingerprint density at radius 1 is 1.03 bits per heavy atom. The summed E-state index contributed by atoms with van der Waals surface area (Å²) in [5, 5.41) is 10.1. The molecule has 11 heteroatoms. The van der Waals surface area contributed by atoms with Crippen LogP contribution in [-0.4, -0.2) is 66.7 Å². The highest BCUT2D eigenvalue weighted by Crippen LogP contribution is 2.30. The number of sulfonamides is 1. The van der Waals surface area contributed by atoms with Gasteiger partial charge in [0.05, 0.1) is 22.2 Å². The van der Waals surface area contributed by atoms with Gasteiger partial charge in [-0.2, -0.15) is 5.10 Å². The van der Waals surface area contributed by atoms with Gasteiger partial charge in [0, 0.05) is 37.3 Å². The van der Waals surface area contributed by atoms with Crippen molar-refractivity contribution < 1.29 is 8.42 Å². The van der Waals surface area contributed by atoms with Gasteiger partial charge in [0.1, 0.15) is 9.90 Å². The van der Waals surface area contributed by atoms with Crippen LogP contribution in [0.2, 0.25) is 0 Å². The normalized spacial score (nSPS) is 15.4. The van der Waals surface area contributed by atoms with Crippen molar-refractivity contribution in [3.05, 3.63) is 53.9 Å². The predicted molar refractivity (Wildman–Crippen MR) is 136 cm³/mol. The summed E-state index contributed by atoms with van der Waals surface area (Å²) in [6.07, 6.45) is 0. The van der Waals surface area contributed by atoms with Crippen LogP contribution >= 0.6 is 11.3 Å². The highest BCUT2D eigenvalue weighted by molar-refractivity contribution is 7.94. The molecule has 9 nitrogen and oxygen atoms in total. The number of thiophene rings is 1. The largest absolute Gasteiger partial charge is 0.369 e. The van der Waals surface area contributed by atoms with Crippen molar-refractivity contribution in [2.24, 2.45) is 0 Å². The molecule has 3 N–H and O–H groups in total. The third kappa shape index (κ3) is 3.81. The number of hydrogen-bond donors (Lipinski definition) is 3. The predicted octanol–water partition coefficient (Wildman–Crippen LogP) is 3.72. The number of aromatic amines is 2. The van der Waals surface area contributed by atoms with Crippen molar-refractivity contribution in [1.82, 2.24) is 25.1 Å². The summed E-state index contributed by atoms with van der Waals surface area (Å²) in [7, 11) is -1.46. The van der Waals surface area contributed by atoms with E-state index in [0.29, 0.717) is 17.2 Å². The Morgan fingerprint density at radius 2 is 1.88 bits per heavy atom. The number of H-pyrrole nitrogens is 2. The molecule has 1 aliphatic rings. The van der Waals surface area contributed by atoms with Gasteiger partial charge in [-0.15, -0.1) is 11.3 Å².